The van der Waals surface area contributed by atoms with Crippen LogP contribution in [0.15, 0.2) is 31.4 Å². The number of benzene rings is 1. The van der Waals surface area contributed by atoms with E-state index in [0.29, 0.717) is 20.3 Å². The van der Waals surface area contributed by atoms with E-state index in [1.807, 2.05) is 12.3 Å². The first-order valence-corrected chi connectivity index (χ1v) is 9.39. The number of rotatable bonds is 4. The summed E-state index contributed by atoms with van der Waals surface area (Å²) in [7, 11) is -3.66. The Balaban J connectivity index is 2.27. The monoisotopic (exact) mass is 439 g/mol. The number of anilines is 1. The fraction of sp³-hybridized carbons (Fsp3) is 0.182. The van der Waals surface area contributed by atoms with Crippen LogP contribution in [0.3, 0.4) is 0 Å². The second-order valence-corrected chi connectivity index (χ2v) is 8.47. The molecule has 0 fully saturated rings. The van der Waals surface area contributed by atoms with Gasteiger partial charge in [0.15, 0.2) is 0 Å². The van der Waals surface area contributed by atoms with E-state index in [9.17, 15) is 8.42 Å². The number of aromatic nitrogens is 1. The van der Waals surface area contributed by atoms with Crippen molar-refractivity contribution in [1.82, 2.24) is 9.71 Å². The third-order valence-corrected chi connectivity index (χ3v) is 6.50. The number of nitrogens with one attached hydrogen (secondary N) is 1. The number of nitrogen functional groups attached to an aromatic ring is 1. The molecular weight excluding hydrogens is 430 g/mol. The van der Waals surface area contributed by atoms with E-state index < -0.39 is 10.0 Å². The molecule has 0 amide bonds. The maximum Gasteiger partial charge on any atom is 0.243 e. The van der Waals surface area contributed by atoms with Gasteiger partial charge < -0.3 is 5.73 Å². The van der Waals surface area contributed by atoms with Crippen molar-refractivity contribution < 1.29 is 8.42 Å². The van der Waals surface area contributed by atoms with Crippen LogP contribution in [0.4, 0.5) is 5.69 Å². The van der Waals surface area contributed by atoms with Crippen molar-refractivity contribution in [1.29, 1.82) is 0 Å². The zero-order valence-corrected chi connectivity index (χ0v) is 15.2. The number of nitrogens with two attached hydrogens (primary N) is 1. The van der Waals surface area contributed by atoms with Crippen LogP contribution < -0.4 is 10.5 Å². The highest BCUT2D eigenvalue weighted by Crippen LogP contribution is 2.32. The van der Waals surface area contributed by atoms with Crippen molar-refractivity contribution in [3.05, 3.63) is 37.2 Å². The zero-order chi connectivity index (χ0) is 14.9. The van der Waals surface area contributed by atoms with Gasteiger partial charge in [-0.2, -0.15) is 0 Å². The lowest BCUT2D eigenvalue weighted by atomic mass is 10.3. The molecule has 3 N–H and O–H groups in total. The molecule has 108 valence electrons. The summed E-state index contributed by atoms with van der Waals surface area (Å²) < 4.78 is 28.0. The molecule has 0 unspecified atom stereocenters. The van der Waals surface area contributed by atoms with E-state index in [1.54, 1.807) is 12.1 Å². The molecule has 0 radical (unpaired) electrons. The Kier molecular flexibility index (Phi) is 4.85. The Morgan fingerprint density at radius 1 is 1.35 bits per heavy atom. The largest absolute Gasteiger partial charge is 0.399 e. The highest BCUT2D eigenvalue weighted by Gasteiger charge is 2.21. The Morgan fingerprint density at radius 3 is 2.45 bits per heavy atom. The highest BCUT2D eigenvalue weighted by molar-refractivity contribution is 9.11. The van der Waals surface area contributed by atoms with Crippen LogP contribution in [0, 0.1) is 6.92 Å². The Labute approximate surface area is 137 Å². The number of thiazole rings is 1. The second-order valence-electron chi connectivity index (χ2n) is 4.00. The van der Waals surface area contributed by atoms with E-state index >= 15 is 0 Å². The molecule has 0 saturated heterocycles. The second kappa shape index (κ2) is 6.10. The molecule has 1 aromatic carbocycles. The minimum Gasteiger partial charge on any atom is -0.399 e. The van der Waals surface area contributed by atoms with Gasteiger partial charge in [0.25, 0.3) is 0 Å². The quantitative estimate of drug-likeness (QED) is 0.715. The van der Waals surface area contributed by atoms with Crippen molar-refractivity contribution in [3.63, 3.8) is 0 Å². The molecule has 0 aliphatic heterocycles. The molecule has 0 atom stereocenters. The molecule has 2 rings (SSSR count). The van der Waals surface area contributed by atoms with Gasteiger partial charge in [0.05, 0.1) is 17.2 Å². The fourth-order valence-corrected chi connectivity index (χ4v) is 5.79. The zero-order valence-electron chi connectivity index (χ0n) is 10.4. The van der Waals surface area contributed by atoms with Gasteiger partial charge in [-0.3, -0.25) is 0 Å². The normalized spacial score (nSPS) is 11.8. The maximum absolute atomic E-state index is 12.3. The summed E-state index contributed by atoms with van der Waals surface area (Å²) in [5.74, 6) is 0. The Hall–Kier alpha value is -0.480. The van der Waals surface area contributed by atoms with Gasteiger partial charge >= 0.3 is 0 Å². The van der Waals surface area contributed by atoms with Crippen molar-refractivity contribution in [2.45, 2.75) is 18.4 Å². The molecule has 0 spiro atoms. The summed E-state index contributed by atoms with van der Waals surface area (Å²) in [5.41, 5.74) is 6.82. The van der Waals surface area contributed by atoms with Crippen LogP contribution in [0.25, 0.3) is 0 Å². The molecule has 0 aliphatic rings. The first kappa shape index (κ1) is 15.9. The Morgan fingerprint density at radius 2 is 1.95 bits per heavy atom. The van der Waals surface area contributed by atoms with Gasteiger partial charge in [-0.05, 0) is 50.9 Å². The summed E-state index contributed by atoms with van der Waals surface area (Å²) >= 11 is 7.92. The van der Waals surface area contributed by atoms with E-state index in [2.05, 4.69) is 41.6 Å². The van der Waals surface area contributed by atoms with Crippen molar-refractivity contribution in [2.24, 2.45) is 0 Å². The van der Waals surface area contributed by atoms with Gasteiger partial charge in [-0.15, -0.1) is 11.3 Å². The van der Waals surface area contributed by atoms with E-state index in [-0.39, 0.29) is 11.4 Å². The van der Waals surface area contributed by atoms with Crippen LogP contribution in [0.5, 0.6) is 0 Å². The lowest BCUT2D eigenvalue weighted by Crippen LogP contribution is -2.24. The maximum atomic E-state index is 12.3. The first-order valence-electron chi connectivity index (χ1n) is 5.45. The smallest absolute Gasteiger partial charge is 0.243 e. The highest BCUT2D eigenvalue weighted by atomic mass is 79.9. The van der Waals surface area contributed by atoms with E-state index in [0.717, 1.165) is 5.01 Å². The average Bonchev–Trinajstić information content (AvgIpc) is 2.71. The van der Waals surface area contributed by atoms with Crippen LogP contribution in [-0.4, -0.2) is 13.4 Å². The minimum absolute atomic E-state index is 0.124. The number of hydrogen-bond acceptors (Lipinski definition) is 5. The van der Waals surface area contributed by atoms with Crippen LogP contribution in [-0.2, 0) is 16.6 Å². The van der Waals surface area contributed by atoms with Gasteiger partial charge in [-0.1, -0.05) is 0 Å². The lowest BCUT2D eigenvalue weighted by molar-refractivity contribution is 0.579. The van der Waals surface area contributed by atoms with Crippen molar-refractivity contribution in [2.75, 3.05) is 5.73 Å². The molecule has 9 heteroatoms. The third-order valence-electron chi connectivity index (χ3n) is 2.40. The van der Waals surface area contributed by atoms with Gasteiger partial charge in [0, 0.05) is 20.0 Å². The standard InChI is InChI=1S/C11H11Br2N3O2S2/c1-6-16-8(5-19-6)4-15-20(17,18)11-9(12)2-7(14)3-10(11)13/h2-3,5,15H,4,14H2,1H3. The van der Waals surface area contributed by atoms with Crippen LogP contribution >= 0.6 is 43.2 Å². The van der Waals surface area contributed by atoms with Crippen LogP contribution in [0.2, 0.25) is 0 Å². The fourth-order valence-electron chi connectivity index (χ4n) is 1.57. The van der Waals surface area contributed by atoms with Gasteiger partial charge in [-0.25, -0.2) is 18.1 Å². The molecule has 20 heavy (non-hydrogen) atoms. The molecule has 0 saturated carbocycles. The number of hydrogen-bond donors (Lipinski definition) is 2. The molecule has 0 aliphatic carbocycles. The summed E-state index contributed by atoms with van der Waals surface area (Å²) in [4.78, 5) is 4.34. The van der Waals surface area contributed by atoms with Crippen molar-refractivity contribution in [3.8, 4) is 0 Å². The van der Waals surface area contributed by atoms with E-state index in [4.69, 9.17) is 5.73 Å². The summed E-state index contributed by atoms with van der Waals surface area (Å²) in [5, 5.41) is 2.72. The lowest BCUT2D eigenvalue weighted by Gasteiger charge is -2.10. The average molecular weight is 441 g/mol. The topological polar surface area (TPSA) is 85.1 Å². The Bertz CT molecular complexity index is 721. The van der Waals surface area contributed by atoms with Gasteiger partial charge in [0.2, 0.25) is 10.0 Å². The third kappa shape index (κ3) is 3.59. The first-order chi connectivity index (χ1) is 9.29. The number of aryl methyl sites for hydroxylation is 1. The SMILES string of the molecule is Cc1nc(CNS(=O)(=O)c2c(Br)cc(N)cc2Br)cs1. The molecule has 2 aromatic rings. The molecule has 0 bridgehead atoms. The van der Waals surface area contributed by atoms with Crippen molar-refractivity contribution >= 4 is 58.9 Å². The van der Waals surface area contributed by atoms with E-state index in [1.165, 1.54) is 11.3 Å². The molecule has 1 aromatic heterocycles. The number of sulfonamides is 1. The number of halogens is 2. The summed E-state index contributed by atoms with van der Waals surface area (Å²) in [6, 6.07) is 3.10. The van der Waals surface area contributed by atoms with Crippen LogP contribution in [0.1, 0.15) is 10.7 Å². The molecule has 1 heterocycles. The summed E-state index contributed by atoms with van der Waals surface area (Å²) in [6.45, 7) is 2.02. The minimum atomic E-state index is -3.66. The predicted octanol–water partition coefficient (Wildman–Crippen LogP) is 3.04. The van der Waals surface area contributed by atoms with Gasteiger partial charge in [0.1, 0.15) is 4.90 Å². The summed E-state index contributed by atoms with van der Waals surface area (Å²) in [6.07, 6.45) is 0. The number of nitrogens with zero attached hydrogens (tertiary/aromatic N) is 1. The molecule has 5 nitrogen and oxygen atoms in total. The molecular formula is C11H11Br2N3O2S2. The predicted molar refractivity (Wildman–Crippen MR) is 87.1 cm³/mol.